The van der Waals surface area contributed by atoms with Crippen molar-refractivity contribution in [3.05, 3.63) is 23.8 Å². The first kappa shape index (κ1) is 14.2. The van der Waals surface area contributed by atoms with E-state index < -0.39 is 0 Å². The van der Waals surface area contributed by atoms with Gasteiger partial charge in [-0.2, -0.15) is 0 Å². The summed E-state index contributed by atoms with van der Waals surface area (Å²) in [5.74, 6) is 0.538. The maximum atomic E-state index is 10.7. The summed E-state index contributed by atoms with van der Waals surface area (Å²) in [6, 6.07) is 0. The zero-order chi connectivity index (χ0) is 12.7. The third-order valence-corrected chi connectivity index (χ3v) is 3.29. The number of ketones is 1. The highest BCUT2D eigenvalue weighted by atomic mass is 16.3. The standard InChI is InChI=1S/C15H24O2/c1-12(7-3-4-8-13(2)16)11-14-9-5-6-10-15(14)17/h3-4,11,14-15,17H,5-10H2,1-2H3/b4-3+,12-11+/t14-,15+/m0/s1. The van der Waals surface area contributed by atoms with E-state index in [-0.39, 0.29) is 11.9 Å². The molecule has 1 aliphatic carbocycles. The van der Waals surface area contributed by atoms with Gasteiger partial charge in [0.2, 0.25) is 0 Å². The summed E-state index contributed by atoms with van der Waals surface area (Å²) < 4.78 is 0. The van der Waals surface area contributed by atoms with Crippen molar-refractivity contribution >= 4 is 5.78 Å². The number of aliphatic hydroxyl groups excluding tert-OH is 1. The first-order chi connectivity index (χ1) is 8.09. The number of allylic oxidation sites excluding steroid dienone is 3. The van der Waals surface area contributed by atoms with Crippen LogP contribution in [0, 0.1) is 5.92 Å². The van der Waals surface area contributed by atoms with Crippen LogP contribution in [0.4, 0.5) is 0 Å². The van der Waals surface area contributed by atoms with Crippen molar-refractivity contribution in [1.82, 2.24) is 0 Å². The lowest BCUT2D eigenvalue weighted by atomic mass is 9.85. The number of rotatable bonds is 5. The Balaban J connectivity index is 2.37. The molecule has 0 aromatic carbocycles. The van der Waals surface area contributed by atoms with Gasteiger partial charge in [-0.15, -0.1) is 0 Å². The summed E-state index contributed by atoms with van der Waals surface area (Å²) in [4.78, 5) is 10.7. The van der Waals surface area contributed by atoms with Crippen LogP contribution in [-0.4, -0.2) is 17.0 Å². The Hall–Kier alpha value is -0.890. The van der Waals surface area contributed by atoms with E-state index in [4.69, 9.17) is 0 Å². The van der Waals surface area contributed by atoms with Crippen molar-refractivity contribution in [2.24, 2.45) is 5.92 Å². The Labute approximate surface area is 104 Å². The molecule has 0 heterocycles. The molecule has 1 N–H and O–H groups in total. The fourth-order valence-electron chi connectivity index (χ4n) is 2.29. The SMILES string of the molecule is CC(=O)C/C=C/C/C(C)=C/[C@@H]1CCCC[C@H]1O. The topological polar surface area (TPSA) is 37.3 Å². The average molecular weight is 236 g/mol. The van der Waals surface area contributed by atoms with Crippen LogP contribution in [0.15, 0.2) is 23.8 Å². The van der Waals surface area contributed by atoms with Gasteiger partial charge in [0.1, 0.15) is 5.78 Å². The van der Waals surface area contributed by atoms with E-state index in [0.717, 1.165) is 25.7 Å². The predicted molar refractivity (Wildman–Crippen MR) is 70.8 cm³/mol. The highest BCUT2D eigenvalue weighted by Gasteiger charge is 2.20. The van der Waals surface area contributed by atoms with Gasteiger partial charge in [0, 0.05) is 12.3 Å². The van der Waals surface area contributed by atoms with Crippen LogP contribution in [-0.2, 0) is 4.79 Å². The lowest BCUT2D eigenvalue weighted by molar-refractivity contribution is -0.116. The molecule has 0 aromatic rings. The molecule has 1 rings (SSSR count). The maximum absolute atomic E-state index is 10.7. The van der Waals surface area contributed by atoms with Gasteiger partial charge >= 0.3 is 0 Å². The average Bonchev–Trinajstić information content (AvgIpc) is 2.27. The number of aliphatic hydroxyl groups is 1. The molecule has 0 unspecified atom stereocenters. The molecule has 0 aromatic heterocycles. The molecule has 1 fully saturated rings. The summed E-state index contributed by atoms with van der Waals surface area (Å²) in [7, 11) is 0. The smallest absolute Gasteiger partial charge is 0.133 e. The minimum Gasteiger partial charge on any atom is -0.393 e. The van der Waals surface area contributed by atoms with Gasteiger partial charge in [-0.25, -0.2) is 0 Å². The van der Waals surface area contributed by atoms with Crippen molar-refractivity contribution < 1.29 is 9.90 Å². The highest BCUT2D eigenvalue weighted by molar-refractivity contribution is 5.76. The second kappa shape index (κ2) is 7.44. The van der Waals surface area contributed by atoms with Gasteiger partial charge in [-0.1, -0.05) is 36.6 Å². The minimum atomic E-state index is -0.153. The van der Waals surface area contributed by atoms with Crippen molar-refractivity contribution in [1.29, 1.82) is 0 Å². The Kier molecular flexibility index (Phi) is 6.20. The third-order valence-electron chi connectivity index (χ3n) is 3.29. The van der Waals surface area contributed by atoms with E-state index in [9.17, 15) is 9.90 Å². The number of Topliss-reactive ketones (excluding diaryl/α,β-unsaturated/α-hetero) is 1. The second-order valence-corrected chi connectivity index (χ2v) is 5.11. The van der Waals surface area contributed by atoms with Crippen molar-refractivity contribution in [3.8, 4) is 0 Å². The molecule has 0 spiro atoms. The lowest BCUT2D eigenvalue weighted by Gasteiger charge is -2.25. The summed E-state index contributed by atoms with van der Waals surface area (Å²) in [5.41, 5.74) is 1.29. The van der Waals surface area contributed by atoms with Crippen LogP contribution in [0.3, 0.4) is 0 Å². The molecule has 0 radical (unpaired) electrons. The first-order valence-electron chi connectivity index (χ1n) is 6.59. The number of hydrogen-bond donors (Lipinski definition) is 1. The number of carbonyl (C=O) groups is 1. The normalized spacial score (nSPS) is 26.4. The van der Waals surface area contributed by atoms with E-state index in [1.165, 1.54) is 12.0 Å². The van der Waals surface area contributed by atoms with Crippen LogP contribution in [0.5, 0.6) is 0 Å². The molecule has 17 heavy (non-hydrogen) atoms. The first-order valence-corrected chi connectivity index (χ1v) is 6.59. The summed E-state index contributed by atoms with van der Waals surface area (Å²) >= 11 is 0. The van der Waals surface area contributed by atoms with E-state index in [2.05, 4.69) is 13.0 Å². The van der Waals surface area contributed by atoms with Crippen LogP contribution < -0.4 is 0 Å². The molecule has 0 saturated heterocycles. The highest BCUT2D eigenvalue weighted by Crippen LogP contribution is 2.26. The van der Waals surface area contributed by atoms with Gasteiger partial charge < -0.3 is 5.11 Å². The van der Waals surface area contributed by atoms with E-state index >= 15 is 0 Å². The van der Waals surface area contributed by atoms with E-state index in [0.29, 0.717) is 12.3 Å². The number of hydrogen-bond acceptors (Lipinski definition) is 2. The lowest BCUT2D eigenvalue weighted by Crippen LogP contribution is -2.22. The fraction of sp³-hybridized carbons (Fsp3) is 0.667. The van der Waals surface area contributed by atoms with E-state index in [1.807, 2.05) is 12.2 Å². The van der Waals surface area contributed by atoms with Crippen LogP contribution >= 0.6 is 0 Å². The van der Waals surface area contributed by atoms with Gasteiger partial charge in [-0.3, -0.25) is 4.79 Å². The van der Waals surface area contributed by atoms with Crippen molar-refractivity contribution in [2.75, 3.05) is 0 Å². The monoisotopic (exact) mass is 236 g/mol. The quantitative estimate of drug-likeness (QED) is 0.743. The zero-order valence-electron chi connectivity index (χ0n) is 11.0. The molecule has 2 nitrogen and oxygen atoms in total. The number of carbonyl (C=O) groups excluding carboxylic acids is 1. The molecule has 2 heteroatoms. The van der Waals surface area contributed by atoms with Crippen LogP contribution in [0.1, 0.15) is 52.4 Å². The summed E-state index contributed by atoms with van der Waals surface area (Å²) in [6.07, 6.45) is 11.9. The Bertz CT molecular complexity index is 302. The van der Waals surface area contributed by atoms with Crippen molar-refractivity contribution in [3.63, 3.8) is 0 Å². The third kappa shape index (κ3) is 5.83. The summed E-state index contributed by atoms with van der Waals surface area (Å²) in [5, 5.41) is 9.85. The molecular weight excluding hydrogens is 212 g/mol. The Morgan fingerprint density at radius 3 is 2.47 bits per heavy atom. The Morgan fingerprint density at radius 2 is 1.82 bits per heavy atom. The fourth-order valence-corrected chi connectivity index (χ4v) is 2.29. The molecule has 1 aliphatic rings. The second-order valence-electron chi connectivity index (χ2n) is 5.11. The molecule has 2 atom stereocenters. The van der Waals surface area contributed by atoms with Crippen molar-refractivity contribution in [2.45, 2.75) is 58.5 Å². The van der Waals surface area contributed by atoms with Gasteiger partial charge in [-0.05, 0) is 33.1 Å². The molecular formula is C15H24O2. The largest absolute Gasteiger partial charge is 0.393 e. The Morgan fingerprint density at radius 1 is 1.18 bits per heavy atom. The summed E-state index contributed by atoms with van der Waals surface area (Å²) in [6.45, 7) is 3.70. The maximum Gasteiger partial charge on any atom is 0.133 e. The predicted octanol–water partition coefficient (Wildman–Crippen LogP) is 3.41. The minimum absolute atomic E-state index is 0.153. The van der Waals surface area contributed by atoms with E-state index in [1.54, 1.807) is 6.92 Å². The van der Waals surface area contributed by atoms with Gasteiger partial charge in [0.15, 0.2) is 0 Å². The van der Waals surface area contributed by atoms with Crippen LogP contribution in [0.2, 0.25) is 0 Å². The van der Waals surface area contributed by atoms with Gasteiger partial charge in [0.05, 0.1) is 6.10 Å². The molecule has 1 saturated carbocycles. The molecule has 0 bridgehead atoms. The van der Waals surface area contributed by atoms with Crippen LogP contribution in [0.25, 0.3) is 0 Å². The zero-order valence-corrected chi connectivity index (χ0v) is 11.0. The molecule has 0 amide bonds. The van der Waals surface area contributed by atoms with Gasteiger partial charge in [0.25, 0.3) is 0 Å². The molecule has 96 valence electrons. The molecule has 0 aliphatic heterocycles.